The molecule has 4 nitrogen and oxygen atoms in total. The number of morpholine rings is 1. The molecule has 1 aromatic carbocycles. The van der Waals surface area contributed by atoms with Gasteiger partial charge in [-0.2, -0.15) is 0 Å². The minimum atomic E-state index is 0.863. The zero-order chi connectivity index (χ0) is 15.9. The number of nitrogens with zero attached hydrogens (tertiary/aromatic N) is 3. The number of thiocarbonyl (C=S) groups is 1. The maximum absolute atomic E-state index is 5.54. The molecule has 3 rings (SSSR count). The summed E-state index contributed by atoms with van der Waals surface area (Å²) in [5.74, 6) is 1.01. The lowest BCUT2D eigenvalue weighted by molar-refractivity contribution is 0.0345. The standard InChI is InChI=1S/C17H25N3OS2/c22-17-20(9-8-18-10-12-21-13-11-18)14-19(15-23-17)7-6-16-4-2-1-3-5-16/h1-5H,6-15H2. The Hall–Kier alpha value is -0.660. The van der Waals surface area contributed by atoms with Crippen molar-refractivity contribution in [3.8, 4) is 0 Å². The lowest BCUT2D eigenvalue weighted by Crippen LogP contribution is -2.49. The van der Waals surface area contributed by atoms with Crippen molar-refractivity contribution in [3.05, 3.63) is 35.9 Å². The predicted molar refractivity (Wildman–Crippen MR) is 101 cm³/mol. The van der Waals surface area contributed by atoms with Gasteiger partial charge in [-0.3, -0.25) is 9.80 Å². The summed E-state index contributed by atoms with van der Waals surface area (Å²) in [4.78, 5) is 7.32. The highest BCUT2D eigenvalue weighted by Crippen LogP contribution is 2.19. The largest absolute Gasteiger partial charge is 0.379 e. The molecule has 0 spiro atoms. The number of hydrogen-bond acceptors (Lipinski definition) is 5. The maximum atomic E-state index is 5.54. The van der Waals surface area contributed by atoms with Gasteiger partial charge in [-0.15, -0.1) is 0 Å². The van der Waals surface area contributed by atoms with Gasteiger partial charge in [-0.1, -0.05) is 54.3 Å². The SMILES string of the molecule is S=C1SCN(CCc2ccccc2)CN1CCN1CCOCC1. The zero-order valence-electron chi connectivity index (χ0n) is 13.5. The molecule has 0 saturated carbocycles. The molecular formula is C17H25N3OS2. The van der Waals surface area contributed by atoms with Crippen LogP contribution in [0.4, 0.5) is 0 Å². The molecule has 1 aromatic rings. The first-order valence-corrected chi connectivity index (χ1v) is 9.69. The van der Waals surface area contributed by atoms with E-state index in [0.717, 1.165) is 69.2 Å². The van der Waals surface area contributed by atoms with Gasteiger partial charge in [0.25, 0.3) is 0 Å². The summed E-state index contributed by atoms with van der Waals surface area (Å²) >= 11 is 7.34. The van der Waals surface area contributed by atoms with Crippen molar-refractivity contribution < 1.29 is 4.74 Å². The van der Waals surface area contributed by atoms with E-state index in [0.29, 0.717) is 0 Å². The van der Waals surface area contributed by atoms with Crippen LogP contribution in [0.1, 0.15) is 5.56 Å². The fraction of sp³-hybridized carbons (Fsp3) is 0.588. The third kappa shape index (κ3) is 5.43. The molecule has 0 amide bonds. The second kappa shape index (κ2) is 8.99. The number of rotatable bonds is 6. The molecule has 2 saturated heterocycles. The fourth-order valence-electron chi connectivity index (χ4n) is 2.89. The number of ether oxygens (including phenoxy) is 1. The van der Waals surface area contributed by atoms with Crippen LogP contribution < -0.4 is 0 Å². The highest BCUT2D eigenvalue weighted by Gasteiger charge is 2.22. The van der Waals surface area contributed by atoms with Crippen LogP contribution in [-0.4, -0.2) is 77.5 Å². The summed E-state index contributed by atoms with van der Waals surface area (Å²) in [6.07, 6.45) is 1.10. The molecule has 2 fully saturated rings. The summed E-state index contributed by atoms with van der Waals surface area (Å²) in [7, 11) is 0. The fourth-order valence-corrected chi connectivity index (χ4v) is 4.04. The highest BCUT2D eigenvalue weighted by molar-refractivity contribution is 8.22. The molecule has 0 aromatic heterocycles. The highest BCUT2D eigenvalue weighted by atomic mass is 32.2. The second-order valence-corrected chi connectivity index (χ2v) is 7.61. The van der Waals surface area contributed by atoms with Crippen LogP contribution in [0.15, 0.2) is 30.3 Å². The van der Waals surface area contributed by atoms with E-state index < -0.39 is 0 Å². The molecule has 2 aliphatic rings. The minimum absolute atomic E-state index is 0.863. The van der Waals surface area contributed by atoms with E-state index in [2.05, 4.69) is 45.0 Å². The van der Waals surface area contributed by atoms with Crippen LogP contribution in [0.2, 0.25) is 0 Å². The monoisotopic (exact) mass is 351 g/mol. The maximum Gasteiger partial charge on any atom is 0.138 e. The van der Waals surface area contributed by atoms with Gasteiger partial charge in [0.2, 0.25) is 0 Å². The Morgan fingerprint density at radius 2 is 1.78 bits per heavy atom. The number of thioether (sulfide) groups is 1. The molecular weight excluding hydrogens is 326 g/mol. The minimum Gasteiger partial charge on any atom is -0.379 e. The topological polar surface area (TPSA) is 19.0 Å². The summed E-state index contributed by atoms with van der Waals surface area (Å²) in [5.41, 5.74) is 1.41. The van der Waals surface area contributed by atoms with E-state index in [1.54, 1.807) is 11.8 Å². The molecule has 2 aliphatic heterocycles. The van der Waals surface area contributed by atoms with E-state index in [-0.39, 0.29) is 0 Å². The van der Waals surface area contributed by atoms with Gasteiger partial charge in [0.15, 0.2) is 0 Å². The molecule has 0 atom stereocenters. The Kier molecular flexibility index (Phi) is 6.71. The Morgan fingerprint density at radius 1 is 1.00 bits per heavy atom. The number of benzene rings is 1. The van der Waals surface area contributed by atoms with Crippen LogP contribution >= 0.6 is 24.0 Å². The first-order valence-electron chi connectivity index (χ1n) is 8.29. The van der Waals surface area contributed by atoms with Crippen molar-refractivity contribution in [1.82, 2.24) is 14.7 Å². The van der Waals surface area contributed by atoms with Crippen molar-refractivity contribution in [2.24, 2.45) is 0 Å². The van der Waals surface area contributed by atoms with Gasteiger partial charge in [-0.25, -0.2) is 0 Å². The average molecular weight is 352 g/mol. The predicted octanol–water partition coefficient (Wildman–Crippen LogP) is 2.11. The molecule has 0 aliphatic carbocycles. The summed E-state index contributed by atoms with van der Waals surface area (Å²) in [5, 5.41) is 0. The van der Waals surface area contributed by atoms with E-state index in [9.17, 15) is 0 Å². The summed E-state index contributed by atoms with van der Waals surface area (Å²) in [6.45, 7) is 7.97. The van der Waals surface area contributed by atoms with Crippen LogP contribution in [0.25, 0.3) is 0 Å². The van der Waals surface area contributed by atoms with Crippen LogP contribution in [0.5, 0.6) is 0 Å². The quantitative estimate of drug-likeness (QED) is 0.726. The Balaban J connectivity index is 1.43. The van der Waals surface area contributed by atoms with Gasteiger partial charge in [0.05, 0.1) is 25.8 Å². The van der Waals surface area contributed by atoms with Crippen LogP contribution in [0.3, 0.4) is 0 Å². The molecule has 0 N–H and O–H groups in total. The number of hydrogen-bond donors (Lipinski definition) is 0. The Bertz CT molecular complexity index is 494. The van der Waals surface area contributed by atoms with Crippen molar-refractivity contribution in [2.45, 2.75) is 6.42 Å². The van der Waals surface area contributed by atoms with E-state index >= 15 is 0 Å². The molecule has 0 bridgehead atoms. The second-order valence-electron chi connectivity index (χ2n) is 6.03. The van der Waals surface area contributed by atoms with Crippen molar-refractivity contribution in [2.75, 3.05) is 58.5 Å². The lowest BCUT2D eigenvalue weighted by atomic mass is 10.1. The van der Waals surface area contributed by atoms with Gasteiger partial charge >= 0.3 is 0 Å². The van der Waals surface area contributed by atoms with Crippen LogP contribution in [-0.2, 0) is 11.2 Å². The molecule has 0 unspecified atom stereocenters. The first kappa shape index (κ1) is 17.2. The Labute approximate surface area is 148 Å². The van der Waals surface area contributed by atoms with E-state index in [4.69, 9.17) is 17.0 Å². The normalized spacial score (nSPS) is 20.9. The third-order valence-corrected chi connectivity index (χ3v) is 5.96. The smallest absolute Gasteiger partial charge is 0.138 e. The zero-order valence-corrected chi connectivity index (χ0v) is 15.2. The molecule has 23 heavy (non-hydrogen) atoms. The molecule has 126 valence electrons. The van der Waals surface area contributed by atoms with E-state index in [1.165, 1.54) is 5.56 Å². The molecule has 2 heterocycles. The van der Waals surface area contributed by atoms with Crippen molar-refractivity contribution in [1.29, 1.82) is 0 Å². The average Bonchev–Trinajstić information content (AvgIpc) is 2.62. The summed E-state index contributed by atoms with van der Waals surface area (Å²) < 4.78 is 6.46. The third-order valence-electron chi connectivity index (χ3n) is 4.35. The lowest BCUT2D eigenvalue weighted by Gasteiger charge is -2.38. The molecule has 6 heteroatoms. The summed E-state index contributed by atoms with van der Waals surface area (Å²) in [6, 6.07) is 10.7. The van der Waals surface area contributed by atoms with Gasteiger partial charge in [-0.05, 0) is 12.0 Å². The van der Waals surface area contributed by atoms with Crippen LogP contribution in [0, 0.1) is 0 Å². The van der Waals surface area contributed by atoms with Gasteiger partial charge in [0.1, 0.15) is 4.32 Å². The molecule has 0 radical (unpaired) electrons. The van der Waals surface area contributed by atoms with E-state index in [1.807, 2.05) is 0 Å². The van der Waals surface area contributed by atoms with Gasteiger partial charge in [0, 0.05) is 32.7 Å². The van der Waals surface area contributed by atoms with Gasteiger partial charge < -0.3 is 9.64 Å². The van der Waals surface area contributed by atoms with Crippen molar-refractivity contribution >= 4 is 28.3 Å². The first-order chi connectivity index (χ1) is 11.3. The Morgan fingerprint density at radius 3 is 2.57 bits per heavy atom. The van der Waals surface area contributed by atoms with Crippen molar-refractivity contribution in [3.63, 3.8) is 0 Å².